The van der Waals surface area contributed by atoms with Crippen molar-refractivity contribution in [2.45, 2.75) is 92.1 Å². The average molecular weight is 1110 g/mol. The van der Waals surface area contributed by atoms with E-state index in [1.807, 2.05) is 0 Å². The van der Waals surface area contributed by atoms with Crippen LogP contribution in [0.3, 0.4) is 0 Å². The maximum atomic E-state index is 13.2. The summed E-state index contributed by atoms with van der Waals surface area (Å²) >= 11 is 0. The molecule has 0 spiro atoms. The molecule has 26 nitrogen and oxygen atoms in total. The van der Waals surface area contributed by atoms with Crippen molar-refractivity contribution >= 4 is 24.1 Å². The van der Waals surface area contributed by atoms with Crippen LogP contribution in [0, 0.1) is 0 Å². The van der Waals surface area contributed by atoms with Gasteiger partial charge in [0.1, 0.15) is 90.7 Å². The van der Waals surface area contributed by atoms with Crippen LogP contribution in [-0.2, 0) is 33.2 Å². The van der Waals surface area contributed by atoms with Crippen molar-refractivity contribution in [3.05, 3.63) is 112 Å². The number of phenols is 3. The first kappa shape index (κ1) is 57.8. The highest BCUT2D eigenvalue weighted by molar-refractivity contribution is 5.88. The molecule has 3 aromatic rings. The number of carbonyl (C=O) groups excluding carboxylic acids is 2. The molecule has 0 unspecified atom stereocenters. The van der Waals surface area contributed by atoms with E-state index >= 15 is 0 Å². The highest BCUT2D eigenvalue weighted by Crippen LogP contribution is 2.44. The predicted octanol–water partition coefficient (Wildman–Crippen LogP) is -0.768. The van der Waals surface area contributed by atoms with E-state index in [0.717, 1.165) is 24.3 Å². The lowest BCUT2D eigenvalue weighted by Crippen LogP contribution is -2.65. The zero-order chi connectivity index (χ0) is 56.8. The fourth-order valence-corrected chi connectivity index (χ4v) is 8.53. The van der Waals surface area contributed by atoms with Gasteiger partial charge in [0.05, 0.1) is 32.5 Å². The quantitative estimate of drug-likeness (QED) is 0.0291. The number of aliphatic hydroxyl groups excluding tert-OH is 9. The Hall–Kier alpha value is -7.41. The first-order chi connectivity index (χ1) is 37.8. The van der Waals surface area contributed by atoms with Gasteiger partial charge in [0.25, 0.3) is 0 Å². The van der Waals surface area contributed by atoms with Crippen molar-refractivity contribution in [3.8, 4) is 62.9 Å². The molecule has 0 bridgehead atoms. The molecule has 8 rings (SSSR count). The second-order valence-electron chi connectivity index (χ2n) is 18.2. The molecule has 15 atom stereocenters. The number of carbonyl (C=O) groups is 1. The van der Waals surface area contributed by atoms with E-state index in [2.05, 4.69) is 0 Å². The topological polar surface area (TPSA) is 404 Å². The number of phenolic OH excluding ortho intramolecular Hbond substituents is 3. The SMILES string of the molecule is COc1cc(C=CC(=O)OC[C@H]2O[C@@H](O[C@H]3[C@H](Oc4cc5c(O[C@@H]6O[C@H](CO)[C@@H](O)[C@H](O)[C@H]6O)cc(=O)cc-5oc4-c4ccc(O)cc4)O[C@H](COC(=[OH+])C=Cc4ccc(O)cc4)[C@@H](O)[C@@H]3O)[C@H](O)[C@@H](O)[C@@H]2O)cc(OC)c1O. The first-order valence-electron chi connectivity index (χ1n) is 24.1. The monoisotopic (exact) mass is 1110 g/mol. The van der Waals surface area contributed by atoms with Crippen LogP contribution in [0.15, 0.2) is 100 Å². The van der Waals surface area contributed by atoms with E-state index in [-0.39, 0.29) is 62.9 Å². The van der Waals surface area contributed by atoms with Crippen LogP contribution in [0.1, 0.15) is 11.1 Å². The second-order valence-corrected chi connectivity index (χ2v) is 18.2. The highest BCUT2D eigenvalue weighted by Gasteiger charge is 2.53. The van der Waals surface area contributed by atoms with Gasteiger partial charge in [-0.15, -0.1) is 0 Å². The highest BCUT2D eigenvalue weighted by atomic mass is 16.8. The van der Waals surface area contributed by atoms with Gasteiger partial charge in [0.2, 0.25) is 24.9 Å². The summed E-state index contributed by atoms with van der Waals surface area (Å²) in [4.78, 5) is 36.8. The molecule has 4 aliphatic heterocycles. The summed E-state index contributed by atoms with van der Waals surface area (Å²) in [7, 11) is 2.61. The van der Waals surface area contributed by atoms with Gasteiger partial charge in [-0.1, -0.05) is 12.1 Å². The van der Waals surface area contributed by atoms with Gasteiger partial charge in [-0.25, -0.2) is 4.79 Å². The molecule has 0 aromatic heterocycles. The van der Waals surface area contributed by atoms with Crippen molar-refractivity contribution < 1.29 is 123 Å². The zero-order valence-electron chi connectivity index (χ0n) is 41.7. The number of aliphatic hydroxyl groups is 9. The molecule has 0 amide bonds. The molecule has 26 heteroatoms. The maximum absolute atomic E-state index is 13.2. The number of aromatic hydroxyl groups is 3. The van der Waals surface area contributed by atoms with Crippen LogP contribution in [0.5, 0.6) is 40.2 Å². The number of hydrogen-bond donors (Lipinski definition) is 12. The van der Waals surface area contributed by atoms with Crippen molar-refractivity contribution in [1.29, 1.82) is 0 Å². The Morgan fingerprint density at radius 3 is 1.76 bits per heavy atom. The minimum Gasteiger partial charge on any atom is -0.508 e. The molecule has 4 heterocycles. The Labute approximate surface area is 447 Å². The molecule has 13 N–H and O–H groups in total. The third kappa shape index (κ3) is 13.2. The largest absolute Gasteiger partial charge is 0.510 e. The summed E-state index contributed by atoms with van der Waals surface area (Å²) in [5.74, 6) is -3.18. The van der Waals surface area contributed by atoms with Crippen LogP contribution < -0.4 is 24.4 Å². The predicted molar refractivity (Wildman–Crippen MR) is 267 cm³/mol. The van der Waals surface area contributed by atoms with Crippen molar-refractivity contribution in [2.75, 3.05) is 34.0 Å². The third-order valence-corrected chi connectivity index (χ3v) is 12.9. The molecular weight excluding hydrogens is 1050 g/mol. The number of rotatable bonds is 18. The van der Waals surface area contributed by atoms with E-state index in [1.54, 1.807) is 0 Å². The zero-order valence-corrected chi connectivity index (χ0v) is 41.7. The summed E-state index contributed by atoms with van der Waals surface area (Å²) in [6.45, 7) is -2.28. The number of benzene rings is 4. The van der Waals surface area contributed by atoms with E-state index in [9.17, 15) is 75.7 Å². The minimum atomic E-state index is -2.12. The fourth-order valence-electron chi connectivity index (χ4n) is 8.53. The Morgan fingerprint density at radius 1 is 0.582 bits per heavy atom. The van der Waals surface area contributed by atoms with Gasteiger partial charge < -0.3 is 118 Å². The van der Waals surface area contributed by atoms with Gasteiger partial charge in [-0.2, -0.15) is 0 Å². The van der Waals surface area contributed by atoms with Gasteiger partial charge >= 0.3 is 11.9 Å². The molecule has 79 heavy (non-hydrogen) atoms. The normalized spacial score (nSPS) is 29.1. The number of ether oxygens (including phenoxy) is 10. The third-order valence-electron chi connectivity index (χ3n) is 12.9. The Bertz CT molecular complexity index is 2950. The summed E-state index contributed by atoms with van der Waals surface area (Å²) in [6, 6.07) is 17.2. The molecule has 5 aliphatic rings. The summed E-state index contributed by atoms with van der Waals surface area (Å²) in [5.41, 5.74) is 0.255. The molecule has 3 saturated heterocycles. The fraction of sp³-hybridized carbons (Fsp3) is 0.377. The number of hydrogen-bond acceptors (Lipinski definition) is 25. The summed E-state index contributed by atoms with van der Waals surface area (Å²) < 4.78 is 63.3. The number of methoxy groups -OCH3 is 2. The van der Waals surface area contributed by atoms with E-state index < -0.39 is 129 Å². The lowest BCUT2D eigenvalue weighted by atomic mass is 9.97. The van der Waals surface area contributed by atoms with Gasteiger partial charge in [-0.3, -0.25) is 4.79 Å². The summed E-state index contributed by atoms with van der Waals surface area (Å²) in [5, 5.41) is 128. The molecule has 1 aliphatic carbocycles. The Kier molecular flexibility index (Phi) is 18.4. The first-order valence-corrected chi connectivity index (χ1v) is 24.1. The standard InChI is InChI=1S/C53H56O26/c1-69-32-15-24(16-33(70-2)40(32)60)6-14-39(59)71-21-36-42(62)45(65)48(68)52(77-36)79-50-46(66)43(63)37(22-72-38(58)13-5-23-3-9-26(55)10-4-23)78-53(50)75-34-19-29-30(73-49(34)25-7-11-27(56)12-8-25)17-28(57)18-31(29)74-51-47(67)44(64)41(61)35(20-54)76-51/h3-19,35-37,41-48,50-56,60-68H,20-22H2,1-2H3/p+1/t35-,36-,37-,41-,42-,43-,44+,45+,46+,47-,48-,50-,51-,52+,53-/m1/s1. The van der Waals surface area contributed by atoms with E-state index in [1.165, 1.54) is 93.1 Å². The Morgan fingerprint density at radius 2 is 1.13 bits per heavy atom. The molecule has 0 saturated carbocycles. The van der Waals surface area contributed by atoms with Crippen LogP contribution in [0.2, 0.25) is 0 Å². The molecule has 3 aromatic carbocycles. The molecular formula is C53H57O26+. The van der Waals surface area contributed by atoms with Crippen LogP contribution in [0.4, 0.5) is 0 Å². The average Bonchev–Trinajstić information content (AvgIpc) is 3.61. The van der Waals surface area contributed by atoms with Crippen LogP contribution in [-0.4, -0.2) is 204 Å². The lowest BCUT2D eigenvalue weighted by Gasteiger charge is -2.45. The van der Waals surface area contributed by atoms with E-state index in [0.29, 0.717) is 11.1 Å². The molecule has 0 radical (unpaired) electrons. The number of fused-ring (bicyclic) bond motifs is 1. The van der Waals surface area contributed by atoms with Gasteiger partial charge in [-0.05, 0) is 77.9 Å². The maximum Gasteiger partial charge on any atom is 0.510 e. The number of esters is 2. The van der Waals surface area contributed by atoms with Gasteiger partial charge in [0, 0.05) is 23.8 Å². The summed E-state index contributed by atoms with van der Waals surface area (Å²) in [6.07, 6.45) is -23.4. The lowest BCUT2D eigenvalue weighted by molar-refractivity contribution is -0.357. The van der Waals surface area contributed by atoms with Crippen molar-refractivity contribution in [3.63, 3.8) is 0 Å². The van der Waals surface area contributed by atoms with Crippen molar-refractivity contribution in [1.82, 2.24) is 0 Å². The van der Waals surface area contributed by atoms with Crippen molar-refractivity contribution in [2.24, 2.45) is 0 Å². The second kappa shape index (κ2) is 25.1. The van der Waals surface area contributed by atoms with E-state index in [4.69, 9.17) is 51.8 Å². The molecule has 3 fully saturated rings. The smallest absolute Gasteiger partial charge is 0.508 e. The Balaban J connectivity index is 1.11. The van der Waals surface area contributed by atoms with Crippen LogP contribution in [0.25, 0.3) is 34.8 Å². The minimum absolute atomic E-state index is 0.00599. The molecule has 424 valence electrons. The van der Waals surface area contributed by atoms with Crippen LogP contribution >= 0.6 is 0 Å². The van der Waals surface area contributed by atoms with Gasteiger partial charge in [0.15, 0.2) is 46.9 Å².